The summed E-state index contributed by atoms with van der Waals surface area (Å²) < 4.78 is 27.3. The van der Waals surface area contributed by atoms with Crippen LogP contribution in [0.15, 0.2) is 30.3 Å². The van der Waals surface area contributed by atoms with Crippen LogP contribution in [0.3, 0.4) is 0 Å². The second-order valence-electron chi connectivity index (χ2n) is 16.5. The Morgan fingerprint density at radius 1 is 1.06 bits per heavy atom. The number of ether oxygens (including phenoxy) is 3. The third kappa shape index (κ3) is 9.09. The highest BCUT2D eigenvalue weighted by Gasteiger charge is 2.43. The molecule has 266 valence electrons. The van der Waals surface area contributed by atoms with Gasteiger partial charge in [0.25, 0.3) is 0 Å². The summed E-state index contributed by atoms with van der Waals surface area (Å²) in [6.45, 7) is 19.3. The van der Waals surface area contributed by atoms with E-state index in [0.717, 1.165) is 37.3 Å². The monoisotopic (exact) mass is 716 g/mol. The Bertz CT molecular complexity index is 1510. The Morgan fingerprint density at radius 2 is 1.75 bits per heavy atom. The highest BCUT2D eigenvalue weighted by molar-refractivity contribution is 6.76. The topological polar surface area (TPSA) is 114 Å². The molecule has 3 heterocycles. The van der Waals surface area contributed by atoms with E-state index in [2.05, 4.69) is 77.8 Å². The first-order chi connectivity index (χ1) is 22.5. The second-order valence-corrected chi connectivity index (χ2v) is 27.3. The predicted molar refractivity (Wildman–Crippen MR) is 199 cm³/mol. The van der Waals surface area contributed by atoms with Gasteiger partial charge in [0.1, 0.15) is 12.2 Å². The van der Waals surface area contributed by atoms with E-state index in [0.29, 0.717) is 59.5 Å². The normalized spacial score (nSPS) is 23.1. The van der Waals surface area contributed by atoms with Gasteiger partial charge in [-0.15, -0.1) is 0 Å². The molecule has 12 heteroatoms. The van der Waals surface area contributed by atoms with E-state index >= 15 is 0 Å². The lowest BCUT2D eigenvalue weighted by Gasteiger charge is -2.38. The van der Waals surface area contributed by atoms with Gasteiger partial charge in [0.2, 0.25) is 0 Å². The van der Waals surface area contributed by atoms with Crippen molar-refractivity contribution in [2.45, 2.75) is 134 Å². The predicted octanol–water partition coefficient (Wildman–Crippen LogP) is 7.97. The molecule has 3 aromatic rings. The number of halogens is 1. The number of fused-ring (bicyclic) bond motifs is 1. The van der Waals surface area contributed by atoms with Crippen molar-refractivity contribution in [3.05, 3.63) is 40.9 Å². The van der Waals surface area contributed by atoms with Gasteiger partial charge in [-0.3, -0.25) is 4.57 Å². The van der Waals surface area contributed by atoms with Crippen molar-refractivity contribution in [2.24, 2.45) is 5.73 Å². The molecule has 1 saturated carbocycles. The molecule has 0 bridgehead atoms. The minimum absolute atomic E-state index is 0.0395. The van der Waals surface area contributed by atoms with Gasteiger partial charge in [0.05, 0.1) is 36.1 Å². The van der Waals surface area contributed by atoms with Gasteiger partial charge in [-0.2, -0.15) is 4.98 Å². The SMILES string of the molecule is CC(C)(C)[Si](C)(C)OC1COC(C(CO)Oc2nc3cc(Cl)c(-c4ccc(C5CCC(N)CC5)cc4)nc3n2COCC[Si](C)(C)C)C1. The quantitative estimate of drug-likeness (QED) is 0.135. The van der Waals surface area contributed by atoms with E-state index in [-0.39, 0.29) is 30.6 Å². The summed E-state index contributed by atoms with van der Waals surface area (Å²) in [5.74, 6) is 0.538. The van der Waals surface area contributed by atoms with Gasteiger partial charge < -0.3 is 29.5 Å². The Balaban J connectivity index is 1.39. The number of hydrogen-bond donors (Lipinski definition) is 2. The molecule has 3 atom stereocenters. The molecule has 2 aromatic heterocycles. The summed E-state index contributed by atoms with van der Waals surface area (Å²) in [6, 6.07) is 12.1. The van der Waals surface area contributed by atoms with Crippen molar-refractivity contribution < 1.29 is 23.7 Å². The van der Waals surface area contributed by atoms with Crippen LogP contribution in [0.4, 0.5) is 0 Å². The molecule has 0 amide bonds. The highest BCUT2D eigenvalue weighted by Crippen LogP contribution is 2.39. The van der Waals surface area contributed by atoms with Gasteiger partial charge in [-0.25, -0.2) is 4.98 Å². The van der Waals surface area contributed by atoms with Crippen LogP contribution in [0.25, 0.3) is 22.4 Å². The highest BCUT2D eigenvalue weighted by atomic mass is 35.5. The van der Waals surface area contributed by atoms with Crippen LogP contribution >= 0.6 is 11.6 Å². The van der Waals surface area contributed by atoms with Crippen LogP contribution in [0, 0.1) is 0 Å². The number of pyridine rings is 1. The van der Waals surface area contributed by atoms with Gasteiger partial charge in [0.15, 0.2) is 20.1 Å². The maximum Gasteiger partial charge on any atom is 0.301 e. The van der Waals surface area contributed by atoms with Crippen molar-refractivity contribution >= 4 is 39.2 Å². The molecular weight excluding hydrogens is 660 g/mol. The number of rotatable bonds is 13. The Morgan fingerprint density at radius 3 is 2.38 bits per heavy atom. The molecule has 1 aliphatic heterocycles. The number of hydrogen-bond acceptors (Lipinski definition) is 8. The molecule has 1 aromatic carbocycles. The first-order valence-electron chi connectivity index (χ1n) is 17.6. The standard InChI is InChI=1S/C36H57ClN4O5Si2/c1-36(2,3)48(7,8)46-28-19-31(44-22-28)32(21-42)45-35-39-30-20-29(37)33(40-34(30)41(35)23-43-17-18-47(4,5)6)26-11-9-24(10-12-26)25-13-15-27(38)16-14-25/h9-12,20,25,27-28,31-32,42H,13-19,21-23,38H2,1-8H3. The maximum absolute atomic E-state index is 10.5. The number of nitrogens with two attached hydrogens (primary N) is 1. The molecule has 48 heavy (non-hydrogen) atoms. The second kappa shape index (κ2) is 15.2. The summed E-state index contributed by atoms with van der Waals surface area (Å²) in [5.41, 5.74) is 10.3. The average molecular weight is 717 g/mol. The Labute approximate surface area is 294 Å². The summed E-state index contributed by atoms with van der Waals surface area (Å²) >= 11 is 6.85. The van der Waals surface area contributed by atoms with Crippen molar-refractivity contribution in [3.63, 3.8) is 0 Å². The van der Waals surface area contributed by atoms with Crippen molar-refractivity contribution in [1.29, 1.82) is 0 Å². The molecule has 9 nitrogen and oxygen atoms in total. The van der Waals surface area contributed by atoms with Crippen LogP contribution in [-0.4, -0.2) is 80.2 Å². The summed E-state index contributed by atoms with van der Waals surface area (Å²) in [4.78, 5) is 9.85. The smallest absolute Gasteiger partial charge is 0.301 e. The molecule has 1 aliphatic carbocycles. The van der Waals surface area contributed by atoms with Crippen LogP contribution in [-0.2, 0) is 20.6 Å². The summed E-state index contributed by atoms with van der Waals surface area (Å²) in [6.07, 6.45) is 4.01. The molecule has 2 aliphatic rings. The lowest BCUT2D eigenvalue weighted by atomic mass is 9.82. The number of aromatic nitrogens is 3. The van der Waals surface area contributed by atoms with Crippen molar-refractivity contribution in [1.82, 2.24) is 14.5 Å². The van der Waals surface area contributed by atoms with Gasteiger partial charge in [0, 0.05) is 32.7 Å². The lowest BCUT2D eigenvalue weighted by Crippen LogP contribution is -2.44. The zero-order valence-electron chi connectivity index (χ0n) is 30.2. The Hall–Kier alpha value is -1.84. The zero-order valence-corrected chi connectivity index (χ0v) is 33.0. The number of aliphatic hydroxyl groups is 1. The van der Waals surface area contributed by atoms with E-state index in [9.17, 15) is 5.11 Å². The molecule has 3 N–H and O–H groups in total. The van der Waals surface area contributed by atoms with Crippen LogP contribution in [0.2, 0.25) is 48.8 Å². The fourth-order valence-electron chi connectivity index (χ4n) is 6.24. The van der Waals surface area contributed by atoms with E-state index in [1.54, 1.807) is 0 Å². The molecule has 0 spiro atoms. The molecule has 0 radical (unpaired) electrons. The summed E-state index contributed by atoms with van der Waals surface area (Å²) in [7, 11) is -3.27. The van der Waals surface area contributed by atoms with E-state index in [4.69, 9.17) is 45.9 Å². The molecule has 1 saturated heterocycles. The van der Waals surface area contributed by atoms with Gasteiger partial charge >= 0.3 is 6.01 Å². The fraction of sp³-hybridized carbons (Fsp3) is 0.667. The third-order valence-electron chi connectivity index (χ3n) is 10.4. The van der Waals surface area contributed by atoms with Gasteiger partial charge in [-0.1, -0.05) is 76.3 Å². The first-order valence-corrected chi connectivity index (χ1v) is 24.6. The minimum Gasteiger partial charge on any atom is -0.456 e. The van der Waals surface area contributed by atoms with E-state index in [1.165, 1.54) is 5.56 Å². The number of imidazole rings is 1. The van der Waals surface area contributed by atoms with E-state index < -0.39 is 22.5 Å². The first kappa shape index (κ1) is 37.4. The third-order valence-corrected chi connectivity index (χ3v) is 16.9. The Kier molecular flexibility index (Phi) is 11.8. The summed E-state index contributed by atoms with van der Waals surface area (Å²) in [5, 5.41) is 11.1. The molecule has 5 rings (SSSR count). The van der Waals surface area contributed by atoms with Crippen LogP contribution in [0.5, 0.6) is 6.01 Å². The van der Waals surface area contributed by atoms with Crippen LogP contribution in [0.1, 0.15) is 64.4 Å². The van der Waals surface area contributed by atoms with Gasteiger partial charge in [-0.05, 0) is 67.4 Å². The average Bonchev–Trinajstić information content (AvgIpc) is 3.60. The van der Waals surface area contributed by atoms with Crippen LogP contribution < -0.4 is 10.5 Å². The molecule has 2 fully saturated rings. The lowest BCUT2D eigenvalue weighted by molar-refractivity contribution is -0.0242. The fourth-order valence-corrected chi connectivity index (χ4v) is 8.60. The zero-order chi connectivity index (χ0) is 34.9. The minimum atomic E-state index is -1.97. The number of aliphatic hydroxyl groups excluding tert-OH is 1. The maximum atomic E-state index is 10.5. The van der Waals surface area contributed by atoms with E-state index in [1.807, 2.05) is 10.6 Å². The molecule has 3 unspecified atom stereocenters. The largest absolute Gasteiger partial charge is 0.456 e. The number of nitrogens with zero attached hydrogens (tertiary/aromatic N) is 3. The van der Waals surface area contributed by atoms with Crippen molar-refractivity contribution in [2.75, 3.05) is 19.8 Å². The molecular formula is C36H57ClN4O5Si2. The van der Waals surface area contributed by atoms with Crippen molar-refractivity contribution in [3.8, 4) is 17.3 Å². The number of benzene rings is 1.